The van der Waals surface area contributed by atoms with Crippen LogP contribution in [-0.2, 0) is 11.4 Å². The Morgan fingerprint density at radius 2 is 2.00 bits per heavy atom. The molecule has 6 heteroatoms. The van der Waals surface area contributed by atoms with Gasteiger partial charge < -0.3 is 19.9 Å². The molecule has 0 fully saturated rings. The summed E-state index contributed by atoms with van der Waals surface area (Å²) in [5.74, 6) is 1.13. The van der Waals surface area contributed by atoms with Crippen LogP contribution in [0.3, 0.4) is 0 Å². The Bertz CT molecular complexity index is 959. The summed E-state index contributed by atoms with van der Waals surface area (Å²) >= 11 is 0. The van der Waals surface area contributed by atoms with Crippen LogP contribution < -0.4 is 19.9 Å². The molecule has 4 rings (SSSR count). The van der Waals surface area contributed by atoms with Crippen LogP contribution in [0.15, 0.2) is 66.9 Å². The highest BCUT2D eigenvalue weighted by Crippen LogP contribution is 2.40. The molecule has 0 saturated heterocycles. The summed E-state index contributed by atoms with van der Waals surface area (Å²) in [6, 6.07) is 19.0. The molecule has 0 bridgehead atoms. The fourth-order valence-electron chi connectivity index (χ4n) is 2.82. The largest absolute Gasteiger partial charge is 0.489 e. The number of carbonyl (C=O) groups excluding carboxylic acids is 1. The molecule has 1 amide bonds. The second-order valence-corrected chi connectivity index (χ2v) is 6.10. The van der Waals surface area contributed by atoms with Gasteiger partial charge in [0, 0.05) is 17.8 Å². The lowest BCUT2D eigenvalue weighted by molar-refractivity contribution is -0.126. The first-order chi connectivity index (χ1) is 13.2. The number of para-hydroxylation sites is 1. The molecular formula is C21H18N2O4. The van der Waals surface area contributed by atoms with E-state index in [1.54, 1.807) is 18.3 Å². The third kappa shape index (κ3) is 3.69. The molecule has 2 aromatic carbocycles. The molecule has 1 atom stereocenters. The van der Waals surface area contributed by atoms with Gasteiger partial charge in [-0.25, -0.2) is 0 Å². The minimum atomic E-state index is -0.823. The van der Waals surface area contributed by atoms with E-state index in [9.17, 15) is 4.79 Å². The van der Waals surface area contributed by atoms with E-state index in [1.807, 2.05) is 48.5 Å². The second-order valence-electron chi connectivity index (χ2n) is 6.10. The third-order valence-corrected chi connectivity index (χ3v) is 4.20. The van der Waals surface area contributed by atoms with Crippen molar-refractivity contribution in [3.05, 3.63) is 72.4 Å². The number of nitrogens with zero attached hydrogens (tertiary/aromatic N) is 1. The normalized spacial score (nSPS) is 15.2. The number of fused-ring (bicyclic) bond motifs is 1. The maximum absolute atomic E-state index is 11.5. The zero-order valence-electron chi connectivity index (χ0n) is 14.5. The van der Waals surface area contributed by atoms with Crippen LogP contribution in [0.5, 0.6) is 17.2 Å². The third-order valence-electron chi connectivity index (χ3n) is 4.20. The number of nitrogens with two attached hydrogens (primary N) is 1. The number of benzene rings is 2. The predicted octanol–water partition coefficient (Wildman–Crippen LogP) is 2.95. The van der Waals surface area contributed by atoms with Gasteiger partial charge in [-0.2, -0.15) is 0 Å². The quantitative estimate of drug-likeness (QED) is 0.754. The van der Waals surface area contributed by atoms with Crippen molar-refractivity contribution < 1.29 is 19.0 Å². The molecule has 0 aliphatic carbocycles. The van der Waals surface area contributed by atoms with Crippen molar-refractivity contribution in [2.75, 3.05) is 6.61 Å². The van der Waals surface area contributed by atoms with Gasteiger partial charge in [0.15, 0.2) is 11.5 Å². The Morgan fingerprint density at radius 3 is 2.81 bits per heavy atom. The van der Waals surface area contributed by atoms with Gasteiger partial charge in [-0.05, 0) is 23.8 Å². The van der Waals surface area contributed by atoms with Crippen molar-refractivity contribution in [2.45, 2.75) is 12.7 Å². The fourth-order valence-corrected chi connectivity index (χ4v) is 2.82. The monoisotopic (exact) mass is 362 g/mol. The van der Waals surface area contributed by atoms with Crippen LogP contribution in [-0.4, -0.2) is 23.6 Å². The number of hydrogen-bond donors (Lipinski definition) is 1. The zero-order valence-corrected chi connectivity index (χ0v) is 14.5. The summed E-state index contributed by atoms with van der Waals surface area (Å²) in [6.07, 6.45) is 0.848. The van der Waals surface area contributed by atoms with E-state index in [0.717, 1.165) is 5.56 Å². The minimum Gasteiger partial charge on any atom is -0.489 e. The van der Waals surface area contributed by atoms with E-state index in [-0.39, 0.29) is 6.61 Å². The zero-order chi connectivity index (χ0) is 18.6. The first-order valence-corrected chi connectivity index (χ1v) is 8.55. The molecule has 27 heavy (non-hydrogen) atoms. The van der Waals surface area contributed by atoms with Gasteiger partial charge in [0.1, 0.15) is 19.0 Å². The van der Waals surface area contributed by atoms with Crippen molar-refractivity contribution in [3.8, 4) is 28.5 Å². The van der Waals surface area contributed by atoms with E-state index < -0.39 is 12.0 Å². The maximum atomic E-state index is 11.5. The molecule has 2 N–H and O–H groups in total. The molecule has 1 aromatic heterocycles. The van der Waals surface area contributed by atoms with E-state index in [1.165, 1.54) is 0 Å². The number of aromatic nitrogens is 1. The van der Waals surface area contributed by atoms with Crippen LogP contribution in [0.4, 0.5) is 0 Å². The molecule has 0 spiro atoms. The van der Waals surface area contributed by atoms with Gasteiger partial charge in [0.05, 0.1) is 5.69 Å². The maximum Gasteiger partial charge on any atom is 0.262 e. The highest BCUT2D eigenvalue weighted by atomic mass is 16.6. The average Bonchev–Trinajstić information content (AvgIpc) is 2.72. The fraction of sp³-hybridized carbons (Fsp3) is 0.143. The van der Waals surface area contributed by atoms with Crippen LogP contribution in [0.1, 0.15) is 5.56 Å². The van der Waals surface area contributed by atoms with Crippen molar-refractivity contribution in [1.29, 1.82) is 0 Å². The number of amides is 1. The summed E-state index contributed by atoms with van der Waals surface area (Å²) in [5, 5.41) is 0. The van der Waals surface area contributed by atoms with Crippen LogP contribution in [0, 0.1) is 0 Å². The van der Waals surface area contributed by atoms with Crippen molar-refractivity contribution in [1.82, 2.24) is 4.98 Å². The lowest BCUT2D eigenvalue weighted by atomic mass is 10.1. The number of carbonyl (C=O) groups is 1. The van der Waals surface area contributed by atoms with Gasteiger partial charge in [-0.3, -0.25) is 9.78 Å². The molecular weight excluding hydrogens is 344 g/mol. The van der Waals surface area contributed by atoms with Crippen LogP contribution >= 0.6 is 0 Å². The summed E-state index contributed by atoms with van der Waals surface area (Å²) < 4.78 is 17.2. The topological polar surface area (TPSA) is 83.7 Å². The highest BCUT2D eigenvalue weighted by molar-refractivity contribution is 5.81. The Hall–Kier alpha value is -3.54. The molecule has 1 aliphatic heterocycles. The molecule has 2 heterocycles. The number of rotatable bonds is 5. The SMILES string of the molecule is NC(=O)C1COc2cccc(-c3cc(OCc4ccccc4)ccn3)c2O1. The minimum absolute atomic E-state index is 0.0967. The molecule has 0 saturated carbocycles. The first-order valence-electron chi connectivity index (χ1n) is 8.55. The number of pyridine rings is 1. The van der Waals surface area contributed by atoms with Gasteiger partial charge >= 0.3 is 0 Å². The summed E-state index contributed by atoms with van der Waals surface area (Å²) in [7, 11) is 0. The molecule has 0 radical (unpaired) electrons. The molecule has 6 nitrogen and oxygen atoms in total. The lowest BCUT2D eigenvalue weighted by Crippen LogP contribution is -2.41. The Labute approximate surface area is 156 Å². The van der Waals surface area contributed by atoms with Gasteiger partial charge in [-0.15, -0.1) is 0 Å². The van der Waals surface area contributed by atoms with Gasteiger partial charge in [-0.1, -0.05) is 36.4 Å². The van der Waals surface area contributed by atoms with Crippen LogP contribution in [0.2, 0.25) is 0 Å². The predicted molar refractivity (Wildman–Crippen MR) is 99.6 cm³/mol. The summed E-state index contributed by atoms with van der Waals surface area (Å²) in [6.45, 7) is 0.556. The van der Waals surface area contributed by atoms with E-state index in [2.05, 4.69) is 4.98 Å². The Kier molecular flexibility index (Phi) is 4.61. The number of hydrogen-bond acceptors (Lipinski definition) is 5. The number of primary amides is 1. The molecule has 3 aromatic rings. The Morgan fingerprint density at radius 1 is 1.15 bits per heavy atom. The highest BCUT2D eigenvalue weighted by Gasteiger charge is 2.28. The van der Waals surface area contributed by atoms with Crippen molar-refractivity contribution in [3.63, 3.8) is 0 Å². The van der Waals surface area contributed by atoms with E-state index in [0.29, 0.717) is 35.1 Å². The molecule has 136 valence electrons. The van der Waals surface area contributed by atoms with Crippen molar-refractivity contribution >= 4 is 5.91 Å². The summed E-state index contributed by atoms with van der Waals surface area (Å²) in [4.78, 5) is 15.9. The summed E-state index contributed by atoms with van der Waals surface area (Å²) in [5.41, 5.74) is 7.80. The van der Waals surface area contributed by atoms with Crippen molar-refractivity contribution in [2.24, 2.45) is 5.73 Å². The van der Waals surface area contributed by atoms with E-state index >= 15 is 0 Å². The van der Waals surface area contributed by atoms with Gasteiger partial charge in [0.2, 0.25) is 6.10 Å². The van der Waals surface area contributed by atoms with E-state index in [4.69, 9.17) is 19.9 Å². The average molecular weight is 362 g/mol. The standard InChI is InChI=1S/C21H18N2O4/c22-21(24)19-13-26-18-8-4-7-16(20(18)27-19)17-11-15(9-10-23-17)25-12-14-5-2-1-3-6-14/h1-11,19H,12-13H2,(H2,22,24). The first kappa shape index (κ1) is 16.9. The molecule has 1 aliphatic rings. The molecule has 1 unspecified atom stereocenters. The number of ether oxygens (including phenoxy) is 3. The second kappa shape index (κ2) is 7.37. The van der Waals surface area contributed by atoms with Crippen LogP contribution in [0.25, 0.3) is 11.3 Å². The smallest absolute Gasteiger partial charge is 0.262 e. The van der Waals surface area contributed by atoms with Gasteiger partial charge in [0.25, 0.3) is 5.91 Å². The lowest BCUT2D eigenvalue weighted by Gasteiger charge is -2.26. The Balaban J connectivity index is 1.60.